The molecule has 7 nitrogen and oxygen atoms in total. The Bertz CT molecular complexity index is 1090. The van der Waals surface area contributed by atoms with Gasteiger partial charge in [-0.2, -0.15) is 0 Å². The van der Waals surface area contributed by atoms with Gasteiger partial charge in [0.05, 0.1) is 17.3 Å². The quantitative estimate of drug-likeness (QED) is 0.599. The number of benzene rings is 1. The van der Waals surface area contributed by atoms with Gasteiger partial charge >= 0.3 is 0 Å². The lowest BCUT2D eigenvalue weighted by atomic mass is 10.2. The first-order valence-corrected chi connectivity index (χ1v) is 9.78. The lowest BCUT2D eigenvalue weighted by Crippen LogP contribution is -2.42. The highest BCUT2D eigenvalue weighted by atomic mass is 79.9. The molecule has 1 aromatic carbocycles. The molecule has 0 fully saturated rings. The second-order valence-electron chi connectivity index (χ2n) is 5.94. The fourth-order valence-electron chi connectivity index (χ4n) is 2.55. The Morgan fingerprint density at radius 1 is 1.22 bits per heavy atom. The first-order chi connectivity index (χ1) is 12.9. The monoisotopic (exact) mass is 448 g/mol. The number of fused-ring (bicyclic) bond motifs is 1. The van der Waals surface area contributed by atoms with Crippen molar-refractivity contribution in [3.8, 4) is 0 Å². The summed E-state index contributed by atoms with van der Waals surface area (Å²) in [4.78, 5) is 42.7. The Labute approximate surface area is 167 Å². The van der Waals surface area contributed by atoms with Crippen LogP contribution in [0, 0.1) is 13.8 Å². The molecule has 2 amide bonds. The van der Waals surface area contributed by atoms with E-state index in [1.165, 1.54) is 22.2 Å². The highest BCUT2D eigenvalue weighted by Gasteiger charge is 2.13. The van der Waals surface area contributed by atoms with Crippen LogP contribution in [0.5, 0.6) is 0 Å². The van der Waals surface area contributed by atoms with Gasteiger partial charge in [0.15, 0.2) is 0 Å². The number of aromatic nitrogens is 2. The van der Waals surface area contributed by atoms with Crippen LogP contribution in [0.15, 0.2) is 39.9 Å². The lowest BCUT2D eigenvalue weighted by Gasteiger charge is -2.09. The zero-order valence-corrected chi connectivity index (χ0v) is 17.1. The standard InChI is InChI=1S/C18H17BrN4O3S/c1-10-11(2)27-17-15(10)18(26)23(9-20-17)8-7-14(24)21-22-16(25)12-5-3-4-6-13(12)19/h3-6,9H,7-8H2,1-2H3,(H,21,24)(H,22,25). The van der Waals surface area contributed by atoms with Gasteiger partial charge in [0.2, 0.25) is 5.91 Å². The normalized spacial score (nSPS) is 10.8. The summed E-state index contributed by atoms with van der Waals surface area (Å²) in [6, 6.07) is 6.89. The number of aryl methyl sites for hydroxylation is 3. The van der Waals surface area contributed by atoms with Crippen LogP contribution in [-0.4, -0.2) is 21.4 Å². The molecule has 0 bridgehead atoms. The minimum absolute atomic E-state index is 0.0332. The van der Waals surface area contributed by atoms with Crippen LogP contribution < -0.4 is 16.4 Å². The molecule has 0 spiro atoms. The van der Waals surface area contributed by atoms with Crippen molar-refractivity contribution in [2.75, 3.05) is 0 Å². The first-order valence-electron chi connectivity index (χ1n) is 8.17. The molecule has 0 aliphatic carbocycles. The van der Waals surface area contributed by atoms with Gasteiger partial charge in [0.1, 0.15) is 4.83 Å². The molecule has 140 valence electrons. The zero-order valence-electron chi connectivity index (χ0n) is 14.7. The van der Waals surface area contributed by atoms with Crippen molar-refractivity contribution in [3.05, 3.63) is 61.4 Å². The predicted molar refractivity (Wildman–Crippen MR) is 108 cm³/mol. The van der Waals surface area contributed by atoms with E-state index in [9.17, 15) is 14.4 Å². The summed E-state index contributed by atoms with van der Waals surface area (Å²) in [6.07, 6.45) is 1.48. The highest BCUT2D eigenvalue weighted by molar-refractivity contribution is 9.10. The number of rotatable bonds is 4. The molecule has 3 aromatic rings. The molecule has 9 heteroatoms. The maximum atomic E-state index is 12.6. The van der Waals surface area contributed by atoms with Crippen molar-refractivity contribution in [1.29, 1.82) is 0 Å². The molecule has 2 heterocycles. The summed E-state index contributed by atoms with van der Waals surface area (Å²) in [5.41, 5.74) is 5.89. The first kappa shape index (κ1) is 19.2. The molecule has 0 atom stereocenters. The number of hydrogen-bond acceptors (Lipinski definition) is 5. The van der Waals surface area contributed by atoms with Gasteiger partial charge in [-0.1, -0.05) is 12.1 Å². The number of carbonyl (C=O) groups is 2. The van der Waals surface area contributed by atoms with Crippen LogP contribution in [0.4, 0.5) is 0 Å². The Balaban J connectivity index is 1.61. The highest BCUT2D eigenvalue weighted by Crippen LogP contribution is 2.25. The molecule has 0 aliphatic rings. The molecule has 3 rings (SSSR count). The predicted octanol–water partition coefficient (Wildman–Crippen LogP) is 2.69. The number of nitrogens with zero attached hydrogens (tertiary/aromatic N) is 2. The summed E-state index contributed by atoms with van der Waals surface area (Å²) in [5, 5.41) is 0.600. The van der Waals surface area contributed by atoms with Crippen molar-refractivity contribution < 1.29 is 9.59 Å². The SMILES string of the molecule is Cc1sc2ncn(CCC(=O)NNC(=O)c3ccccc3Br)c(=O)c2c1C. The number of halogens is 1. The van der Waals surface area contributed by atoms with E-state index in [4.69, 9.17) is 0 Å². The summed E-state index contributed by atoms with van der Waals surface area (Å²) in [5.74, 6) is -0.832. The summed E-state index contributed by atoms with van der Waals surface area (Å²) < 4.78 is 2.04. The Morgan fingerprint density at radius 2 is 1.96 bits per heavy atom. The smallest absolute Gasteiger partial charge is 0.270 e. The van der Waals surface area contributed by atoms with E-state index in [1.807, 2.05) is 13.8 Å². The number of nitrogens with one attached hydrogen (secondary N) is 2. The average molecular weight is 449 g/mol. The molecular formula is C18H17BrN4O3S. The number of carbonyl (C=O) groups excluding carboxylic acids is 2. The minimum atomic E-state index is -0.430. The van der Waals surface area contributed by atoms with Gasteiger partial charge in [-0.15, -0.1) is 11.3 Å². The van der Waals surface area contributed by atoms with Crippen molar-refractivity contribution in [2.24, 2.45) is 0 Å². The van der Waals surface area contributed by atoms with E-state index in [0.717, 1.165) is 10.4 Å². The maximum Gasteiger partial charge on any atom is 0.270 e. The Kier molecular flexibility index (Phi) is 5.71. The molecule has 0 saturated heterocycles. The summed E-state index contributed by atoms with van der Waals surface area (Å²) >= 11 is 4.76. The third kappa shape index (κ3) is 4.09. The molecule has 0 aliphatic heterocycles. The van der Waals surface area contributed by atoms with Gasteiger partial charge in [-0.3, -0.25) is 29.8 Å². The zero-order chi connectivity index (χ0) is 19.6. The van der Waals surface area contributed by atoms with Gasteiger partial charge in [0, 0.05) is 22.3 Å². The van der Waals surface area contributed by atoms with Crippen molar-refractivity contribution >= 4 is 49.3 Å². The Hall–Kier alpha value is -2.52. The number of hydrazine groups is 1. The molecule has 0 unspecified atom stereocenters. The van der Waals surface area contributed by atoms with Crippen molar-refractivity contribution in [1.82, 2.24) is 20.4 Å². The minimum Gasteiger partial charge on any atom is -0.298 e. The van der Waals surface area contributed by atoms with Gasteiger partial charge in [-0.25, -0.2) is 4.98 Å². The van der Waals surface area contributed by atoms with E-state index in [0.29, 0.717) is 20.3 Å². The third-order valence-corrected chi connectivity index (χ3v) is 5.98. The Morgan fingerprint density at radius 3 is 2.70 bits per heavy atom. The average Bonchev–Trinajstić information content (AvgIpc) is 2.94. The van der Waals surface area contributed by atoms with Crippen LogP contribution in [0.2, 0.25) is 0 Å². The molecule has 27 heavy (non-hydrogen) atoms. The van der Waals surface area contributed by atoms with E-state index < -0.39 is 11.8 Å². The summed E-state index contributed by atoms with van der Waals surface area (Å²) in [6.45, 7) is 4.02. The van der Waals surface area contributed by atoms with E-state index in [1.54, 1.807) is 24.3 Å². The van der Waals surface area contributed by atoms with Crippen LogP contribution in [0.25, 0.3) is 10.2 Å². The van der Waals surface area contributed by atoms with Crippen molar-refractivity contribution in [3.63, 3.8) is 0 Å². The lowest BCUT2D eigenvalue weighted by molar-refractivity contribution is -0.122. The van der Waals surface area contributed by atoms with Crippen molar-refractivity contribution in [2.45, 2.75) is 26.8 Å². The second-order valence-corrected chi connectivity index (χ2v) is 8.00. The molecule has 0 saturated carbocycles. The van der Waals surface area contributed by atoms with E-state index in [-0.39, 0.29) is 18.5 Å². The largest absolute Gasteiger partial charge is 0.298 e. The fourth-order valence-corrected chi connectivity index (χ4v) is 4.01. The number of hydrogen-bond donors (Lipinski definition) is 2. The number of amides is 2. The van der Waals surface area contributed by atoms with Gasteiger partial charge in [0.25, 0.3) is 11.5 Å². The molecule has 0 radical (unpaired) electrons. The second kappa shape index (κ2) is 8.01. The molecule has 2 aromatic heterocycles. The topological polar surface area (TPSA) is 93.1 Å². The number of thiophene rings is 1. The fraction of sp³-hybridized carbons (Fsp3) is 0.222. The van der Waals surface area contributed by atoms with Crippen LogP contribution in [0.3, 0.4) is 0 Å². The summed E-state index contributed by atoms with van der Waals surface area (Å²) in [7, 11) is 0. The van der Waals surface area contributed by atoms with Crippen LogP contribution in [0.1, 0.15) is 27.2 Å². The third-order valence-electron chi connectivity index (χ3n) is 4.17. The van der Waals surface area contributed by atoms with E-state index >= 15 is 0 Å². The van der Waals surface area contributed by atoms with E-state index in [2.05, 4.69) is 31.8 Å². The van der Waals surface area contributed by atoms with Crippen LogP contribution in [-0.2, 0) is 11.3 Å². The van der Waals surface area contributed by atoms with Gasteiger partial charge in [-0.05, 0) is 47.5 Å². The van der Waals surface area contributed by atoms with Gasteiger partial charge < -0.3 is 0 Å². The maximum absolute atomic E-state index is 12.6. The van der Waals surface area contributed by atoms with Crippen LogP contribution >= 0.6 is 27.3 Å². The molecule has 2 N–H and O–H groups in total. The molecular weight excluding hydrogens is 432 g/mol.